The zero-order valence-corrected chi connectivity index (χ0v) is 10.9. The maximum Gasteiger partial charge on any atom is 0.256 e. The first-order chi connectivity index (χ1) is 9.74. The number of halogens is 1. The summed E-state index contributed by atoms with van der Waals surface area (Å²) in [5.41, 5.74) is 1.08. The molecule has 0 unspecified atom stereocenters. The topological polar surface area (TPSA) is 46.1 Å². The second kappa shape index (κ2) is 5.36. The molecule has 1 aromatic carbocycles. The maximum atomic E-state index is 13.1. The molecule has 4 nitrogen and oxygen atoms in total. The van der Waals surface area contributed by atoms with Crippen LogP contribution in [0.2, 0.25) is 0 Å². The molecule has 0 radical (unpaired) electrons. The van der Waals surface area contributed by atoms with E-state index in [4.69, 9.17) is 0 Å². The molecule has 20 heavy (non-hydrogen) atoms. The van der Waals surface area contributed by atoms with Crippen molar-refractivity contribution in [1.29, 1.82) is 0 Å². The summed E-state index contributed by atoms with van der Waals surface area (Å²) < 4.78 is 13.1. The van der Waals surface area contributed by atoms with Gasteiger partial charge >= 0.3 is 0 Å². The molecule has 0 saturated carbocycles. The van der Waals surface area contributed by atoms with Crippen molar-refractivity contribution < 1.29 is 9.18 Å². The standard InChI is InChI=1S/C15H14FN3O/c16-13-5-3-4-11(8-13)14-17-9-12(10-18-14)15(20)19-6-1-2-7-19/h3-5,8-10H,1-2,6-7H2. The van der Waals surface area contributed by atoms with Gasteiger partial charge in [-0.25, -0.2) is 14.4 Å². The first-order valence-corrected chi connectivity index (χ1v) is 6.61. The maximum absolute atomic E-state index is 13.1. The molecule has 102 valence electrons. The fourth-order valence-electron chi connectivity index (χ4n) is 2.32. The average molecular weight is 271 g/mol. The molecule has 0 atom stereocenters. The summed E-state index contributed by atoms with van der Waals surface area (Å²) in [5.74, 6) is 0.0547. The number of amides is 1. The molecular weight excluding hydrogens is 257 g/mol. The highest BCUT2D eigenvalue weighted by Crippen LogP contribution is 2.17. The Hall–Kier alpha value is -2.30. The van der Waals surface area contributed by atoms with Crippen molar-refractivity contribution in [1.82, 2.24) is 14.9 Å². The van der Waals surface area contributed by atoms with Crippen LogP contribution < -0.4 is 0 Å². The van der Waals surface area contributed by atoms with Crippen LogP contribution >= 0.6 is 0 Å². The van der Waals surface area contributed by atoms with Crippen molar-refractivity contribution in [3.8, 4) is 11.4 Å². The van der Waals surface area contributed by atoms with E-state index in [1.165, 1.54) is 24.5 Å². The number of aromatic nitrogens is 2. The van der Waals surface area contributed by atoms with E-state index in [9.17, 15) is 9.18 Å². The van der Waals surface area contributed by atoms with Crippen LogP contribution in [0.4, 0.5) is 4.39 Å². The molecule has 5 heteroatoms. The summed E-state index contributed by atoms with van der Waals surface area (Å²) in [6, 6.07) is 6.09. The molecule has 2 heterocycles. The molecule has 1 aromatic heterocycles. The third-order valence-electron chi connectivity index (χ3n) is 3.37. The van der Waals surface area contributed by atoms with Gasteiger partial charge in [0.1, 0.15) is 5.82 Å². The second-order valence-corrected chi connectivity index (χ2v) is 4.81. The predicted octanol–water partition coefficient (Wildman–Crippen LogP) is 2.52. The Balaban J connectivity index is 1.82. The summed E-state index contributed by atoms with van der Waals surface area (Å²) in [6.45, 7) is 1.59. The number of hydrogen-bond donors (Lipinski definition) is 0. The highest BCUT2D eigenvalue weighted by Gasteiger charge is 2.20. The van der Waals surface area contributed by atoms with E-state index in [1.54, 1.807) is 17.0 Å². The number of likely N-dealkylation sites (tertiary alicyclic amines) is 1. The van der Waals surface area contributed by atoms with Crippen LogP contribution in [0.3, 0.4) is 0 Å². The van der Waals surface area contributed by atoms with Gasteiger partial charge in [-0.05, 0) is 25.0 Å². The normalized spacial score (nSPS) is 14.6. The first kappa shape index (κ1) is 12.7. The van der Waals surface area contributed by atoms with E-state index < -0.39 is 0 Å². The van der Waals surface area contributed by atoms with Crippen LogP contribution in [-0.2, 0) is 0 Å². The second-order valence-electron chi connectivity index (χ2n) is 4.81. The van der Waals surface area contributed by atoms with Crippen LogP contribution in [0, 0.1) is 5.82 Å². The highest BCUT2D eigenvalue weighted by molar-refractivity contribution is 5.93. The number of rotatable bonds is 2. The molecular formula is C15H14FN3O. The zero-order valence-electron chi connectivity index (χ0n) is 10.9. The average Bonchev–Trinajstić information content (AvgIpc) is 3.01. The Morgan fingerprint density at radius 3 is 2.50 bits per heavy atom. The summed E-state index contributed by atoms with van der Waals surface area (Å²) in [7, 11) is 0. The third-order valence-corrected chi connectivity index (χ3v) is 3.37. The lowest BCUT2D eigenvalue weighted by Gasteiger charge is -2.14. The van der Waals surface area contributed by atoms with Crippen molar-refractivity contribution in [2.24, 2.45) is 0 Å². The lowest BCUT2D eigenvalue weighted by Crippen LogP contribution is -2.27. The molecule has 0 N–H and O–H groups in total. The molecule has 1 aliphatic rings. The molecule has 1 aliphatic heterocycles. The fourth-order valence-corrected chi connectivity index (χ4v) is 2.32. The lowest BCUT2D eigenvalue weighted by atomic mass is 10.2. The fraction of sp³-hybridized carbons (Fsp3) is 0.267. The van der Waals surface area contributed by atoms with Crippen LogP contribution in [0.25, 0.3) is 11.4 Å². The van der Waals surface area contributed by atoms with E-state index in [0.29, 0.717) is 17.0 Å². The van der Waals surface area contributed by atoms with Crippen molar-refractivity contribution in [3.63, 3.8) is 0 Å². The van der Waals surface area contributed by atoms with E-state index in [-0.39, 0.29) is 11.7 Å². The monoisotopic (exact) mass is 271 g/mol. The van der Waals surface area contributed by atoms with Gasteiger partial charge in [0, 0.05) is 31.0 Å². The van der Waals surface area contributed by atoms with Gasteiger partial charge in [-0.3, -0.25) is 4.79 Å². The molecule has 3 rings (SSSR count). The summed E-state index contributed by atoms with van der Waals surface area (Å²) >= 11 is 0. The van der Waals surface area contributed by atoms with Crippen molar-refractivity contribution >= 4 is 5.91 Å². The molecule has 0 bridgehead atoms. The van der Waals surface area contributed by atoms with Gasteiger partial charge in [-0.1, -0.05) is 12.1 Å². The SMILES string of the molecule is O=C(c1cnc(-c2cccc(F)c2)nc1)N1CCCC1. The van der Waals surface area contributed by atoms with Crippen LogP contribution in [0.5, 0.6) is 0 Å². The Bertz CT molecular complexity index is 621. The minimum atomic E-state index is -0.330. The van der Waals surface area contributed by atoms with Crippen LogP contribution in [-0.4, -0.2) is 33.9 Å². The van der Waals surface area contributed by atoms with E-state index in [0.717, 1.165) is 25.9 Å². The summed E-state index contributed by atoms with van der Waals surface area (Å²) in [5, 5.41) is 0. The van der Waals surface area contributed by atoms with Gasteiger partial charge in [-0.15, -0.1) is 0 Å². The van der Waals surface area contributed by atoms with Crippen LogP contribution in [0.1, 0.15) is 23.2 Å². The minimum Gasteiger partial charge on any atom is -0.339 e. The van der Waals surface area contributed by atoms with E-state index >= 15 is 0 Å². The predicted molar refractivity (Wildman–Crippen MR) is 72.6 cm³/mol. The van der Waals surface area contributed by atoms with Crippen molar-refractivity contribution in [2.75, 3.05) is 13.1 Å². The van der Waals surface area contributed by atoms with E-state index in [2.05, 4.69) is 9.97 Å². The molecule has 0 aliphatic carbocycles. The molecule has 1 saturated heterocycles. The Labute approximate surface area is 116 Å². The largest absolute Gasteiger partial charge is 0.339 e. The molecule has 0 spiro atoms. The number of carbonyl (C=O) groups excluding carboxylic acids is 1. The number of carbonyl (C=O) groups is 1. The summed E-state index contributed by atoms with van der Waals surface area (Å²) in [6.07, 6.45) is 5.11. The molecule has 2 aromatic rings. The minimum absolute atomic E-state index is 0.0340. The number of nitrogens with zero attached hydrogens (tertiary/aromatic N) is 3. The van der Waals surface area contributed by atoms with Gasteiger partial charge in [0.25, 0.3) is 5.91 Å². The molecule has 1 amide bonds. The van der Waals surface area contributed by atoms with Gasteiger partial charge < -0.3 is 4.90 Å². The lowest BCUT2D eigenvalue weighted by molar-refractivity contribution is 0.0792. The van der Waals surface area contributed by atoms with Gasteiger partial charge in [0.15, 0.2) is 5.82 Å². The third kappa shape index (κ3) is 2.52. The van der Waals surface area contributed by atoms with Crippen LogP contribution in [0.15, 0.2) is 36.7 Å². The smallest absolute Gasteiger partial charge is 0.256 e. The van der Waals surface area contributed by atoms with Crippen molar-refractivity contribution in [2.45, 2.75) is 12.8 Å². The summed E-state index contributed by atoms with van der Waals surface area (Å²) in [4.78, 5) is 22.3. The van der Waals surface area contributed by atoms with E-state index in [1.807, 2.05) is 0 Å². The number of benzene rings is 1. The molecule has 1 fully saturated rings. The zero-order chi connectivity index (χ0) is 13.9. The Morgan fingerprint density at radius 2 is 1.85 bits per heavy atom. The van der Waals surface area contributed by atoms with Gasteiger partial charge in [-0.2, -0.15) is 0 Å². The first-order valence-electron chi connectivity index (χ1n) is 6.61. The Morgan fingerprint density at radius 1 is 1.15 bits per heavy atom. The van der Waals surface area contributed by atoms with Crippen molar-refractivity contribution in [3.05, 3.63) is 48.0 Å². The van der Waals surface area contributed by atoms with Gasteiger partial charge in [0.2, 0.25) is 0 Å². The number of hydrogen-bond acceptors (Lipinski definition) is 3. The Kier molecular flexibility index (Phi) is 3.41. The quantitative estimate of drug-likeness (QED) is 0.843. The highest BCUT2D eigenvalue weighted by atomic mass is 19.1. The van der Waals surface area contributed by atoms with Gasteiger partial charge in [0.05, 0.1) is 5.56 Å².